The van der Waals surface area contributed by atoms with E-state index in [4.69, 9.17) is 5.73 Å². The Bertz CT molecular complexity index is 799. The maximum atomic E-state index is 6.08. The summed E-state index contributed by atoms with van der Waals surface area (Å²) in [5.41, 5.74) is 12.8. The van der Waals surface area contributed by atoms with Crippen LogP contribution in [0, 0.1) is 13.8 Å². The first-order valence-corrected chi connectivity index (χ1v) is 7.90. The fourth-order valence-electron chi connectivity index (χ4n) is 3.21. The second-order valence-electron chi connectivity index (χ2n) is 6.26. The maximum absolute atomic E-state index is 6.08. The van der Waals surface area contributed by atoms with Gasteiger partial charge in [0.25, 0.3) is 0 Å². The van der Waals surface area contributed by atoms with Gasteiger partial charge in [0.2, 0.25) is 0 Å². The molecule has 3 aromatic rings. The number of benzene rings is 2. The smallest absolute Gasteiger partial charge is 0.0480 e. The highest BCUT2D eigenvalue weighted by Gasteiger charge is 2.15. The van der Waals surface area contributed by atoms with Gasteiger partial charge < -0.3 is 10.3 Å². The summed E-state index contributed by atoms with van der Waals surface area (Å²) < 4.78 is 2.21. The Hall–Kier alpha value is -2.06. The van der Waals surface area contributed by atoms with Crippen molar-refractivity contribution in [1.29, 1.82) is 0 Å². The Morgan fingerprint density at radius 3 is 2.55 bits per heavy atom. The molecular formula is C20H24N2. The minimum Gasteiger partial charge on any atom is -0.350 e. The van der Waals surface area contributed by atoms with Gasteiger partial charge in [-0.15, -0.1) is 0 Å². The van der Waals surface area contributed by atoms with Crippen LogP contribution in [0.3, 0.4) is 0 Å². The molecule has 0 aliphatic rings. The molecule has 0 aliphatic carbocycles. The molecule has 0 aliphatic heterocycles. The molecule has 1 atom stereocenters. The summed E-state index contributed by atoms with van der Waals surface area (Å²) in [5.74, 6) is 0.366. The summed E-state index contributed by atoms with van der Waals surface area (Å²) in [6.07, 6.45) is 3.23. The Balaban J connectivity index is 1.96. The van der Waals surface area contributed by atoms with Crippen molar-refractivity contribution >= 4 is 10.9 Å². The third-order valence-corrected chi connectivity index (χ3v) is 4.73. The highest BCUT2D eigenvalue weighted by Crippen LogP contribution is 2.27. The summed E-state index contributed by atoms with van der Waals surface area (Å²) in [5, 5.41) is 1.34. The van der Waals surface area contributed by atoms with Crippen molar-refractivity contribution in [1.82, 2.24) is 4.57 Å². The van der Waals surface area contributed by atoms with Crippen LogP contribution < -0.4 is 5.73 Å². The number of nitrogens with zero attached hydrogens (tertiary/aromatic N) is 1. The summed E-state index contributed by atoms with van der Waals surface area (Å²) >= 11 is 0. The molecule has 0 bridgehead atoms. The van der Waals surface area contributed by atoms with E-state index in [1.807, 2.05) is 0 Å². The number of aryl methyl sites for hydroxylation is 3. The van der Waals surface area contributed by atoms with Gasteiger partial charge in [0.05, 0.1) is 0 Å². The van der Waals surface area contributed by atoms with Crippen LogP contribution in [0.15, 0.2) is 48.7 Å². The Morgan fingerprint density at radius 1 is 1.05 bits per heavy atom. The van der Waals surface area contributed by atoms with Crippen molar-refractivity contribution in [2.24, 2.45) is 12.8 Å². The fourth-order valence-corrected chi connectivity index (χ4v) is 3.21. The van der Waals surface area contributed by atoms with Gasteiger partial charge >= 0.3 is 0 Å². The van der Waals surface area contributed by atoms with Crippen molar-refractivity contribution in [2.75, 3.05) is 6.54 Å². The normalized spacial score (nSPS) is 12.7. The zero-order valence-corrected chi connectivity index (χ0v) is 13.6. The van der Waals surface area contributed by atoms with Crippen molar-refractivity contribution in [3.8, 4) is 0 Å². The van der Waals surface area contributed by atoms with E-state index in [0.29, 0.717) is 12.5 Å². The van der Waals surface area contributed by atoms with Crippen molar-refractivity contribution in [3.05, 3.63) is 70.9 Å². The molecule has 1 heterocycles. The van der Waals surface area contributed by atoms with Gasteiger partial charge in [-0.1, -0.05) is 36.4 Å². The molecule has 22 heavy (non-hydrogen) atoms. The van der Waals surface area contributed by atoms with E-state index in [2.05, 4.69) is 74.1 Å². The van der Waals surface area contributed by atoms with E-state index >= 15 is 0 Å². The molecule has 114 valence electrons. The molecule has 0 amide bonds. The van der Waals surface area contributed by atoms with Crippen LogP contribution in [0.2, 0.25) is 0 Å². The van der Waals surface area contributed by atoms with Crippen LogP contribution in [0.4, 0.5) is 0 Å². The molecule has 0 radical (unpaired) electrons. The molecule has 0 saturated heterocycles. The third kappa shape index (κ3) is 2.67. The summed E-state index contributed by atoms with van der Waals surface area (Å²) in [7, 11) is 2.11. The highest BCUT2D eigenvalue weighted by atomic mass is 14.9. The fraction of sp³-hybridized carbons (Fsp3) is 0.300. The van der Waals surface area contributed by atoms with Gasteiger partial charge in [0, 0.05) is 30.1 Å². The molecule has 2 nitrogen and oxygen atoms in total. The van der Waals surface area contributed by atoms with E-state index in [1.54, 1.807) is 0 Å². The quantitative estimate of drug-likeness (QED) is 0.772. The average Bonchev–Trinajstić information content (AvgIpc) is 2.84. The van der Waals surface area contributed by atoms with Crippen LogP contribution in [-0.2, 0) is 13.5 Å². The summed E-state index contributed by atoms with van der Waals surface area (Å²) in [6, 6.07) is 15.3. The first-order valence-electron chi connectivity index (χ1n) is 7.90. The summed E-state index contributed by atoms with van der Waals surface area (Å²) in [4.78, 5) is 0. The maximum Gasteiger partial charge on any atom is 0.0480 e. The van der Waals surface area contributed by atoms with Gasteiger partial charge in [-0.3, -0.25) is 0 Å². The monoisotopic (exact) mass is 292 g/mol. The van der Waals surface area contributed by atoms with Crippen molar-refractivity contribution in [2.45, 2.75) is 26.2 Å². The molecule has 2 aromatic carbocycles. The lowest BCUT2D eigenvalue weighted by Gasteiger charge is -2.16. The van der Waals surface area contributed by atoms with Crippen LogP contribution in [0.1, 0.15) is 28.2 Å². The number of hydrogen-bond donors (Lipinski definition) is 1. The van der Waals surface area contributed by atoms with E-state index in [1.165, 1.54) is 33.2 Å². The molecule has 2 N–H and O–H groups in total. The lowest BCUT2D eigenvalue weighted by Crippen LogP contribution is -2.15. The zero-order valence-electron chi connectivity index (χ0n) is 13.6. The average molecular weight is 292 g/mol. The summed E-state index contributed by atoms with van der Waals surface area (Å²) in [6.45, 7) is 5.00. The van der Waals surface area contributed by atoms with Gasteiger partial charge in [0.1, 0.15) is 0 Å². The Kier molecular flexibility index (Phi) is 4.04. The van der Waals surface area contributed by atoms with Gasteiger partial charge in [-0.2, -0.15) is 0 Å². The van der Waals surface area contributed by atoms with E-state index in [0.717, 1.165) is 6.42 Å². The molecule has 3 rings (SSSR count). The zero-order chi connectivity index (χ0) is 15.7. The number of rotatable bonds is 4. The van der Waals surface area contributed by atoms with Crippen LogP contribution >= 0.6 is 0 Å². The Labute approximate surface area is 132 Å². The number of nitrogens with two attached hydrogens (primary N) is 1. The molecule has 0 fully saturated rings. The van der Waals surface area contributed by atoms with Crippen molar-refractivity contribution in [3.63, 3.8) is 0 Å². The lowest BCUT2D eigenvalue weighted by molar-refractivity contribution is 0.694. The number of hydrogen-bond acceptors (Lipinski definition) is 1. The topological polar surface area (TPSA) is 30.9 Å². The molecule has 0 saturated carbocycles. The number of aromatic nitrogens is 1. The number of fused-ring (bicyclic) bond motifs is 1. The second-order valence-corrected chi connectivity index (χ2v) is 6.26. The van der Waals surface area contributed by atoms with Crippen LogP contribution in [-0.4, -0.2) is 11.1 Å². The SMILES string of the molecule is Cc1ccc(C(CN)Cc2cn(C)c3ccccc23)cc1C. The van der Waals surface area contributed by atoms with Gasteiger partial charge in [0.15, 0.2) is 0 Å². The molecule has 1 unspecified atom stereocenters. The van der Waals surface area contributed by atoms with Gasteiger partial charge in [-0.05, 0) is 55.1 Å². The Morgan fingerprint density at radius 2 is 1.82 bits per heavy atom. The minimum atomic E-state index is 0.366. The van der Waals surface area contributed by atoms with Gasteiger partial charge in [-0.25, -0.2) is 0 Å². The van der Waals surface area contributed by atoms with E-state index in [9.17, 15) is 0 Å². The number of para-hydroxylation sites is 1. The molecule has 0 spiro atoms. The van der Waals surface area contributed by atoms with Crippen molar-refractivity contribution < 1.29 is 0 Å². The molecule has 1 aromatic heterocycles. The second kappa shape index (κ2) is 5.98. The van der Waals surface area contributed by atoms with E-state index in [-0.39, 0.29) is 0 Å². The first-order chi connectivity index (χ1) is 10.6. The predicted octanol–water partition coefficient (Wildman–Crippen LogP) is 4.08. The van der Waals surface area contributed by atoms with E-state index < -0.39 is 0 Å². The minimum absolute atomic E-state index is 0.366. The standard InChI is InChI=1S/C20H24N2/c1-14-8-9-16(10-15(14)2)17(12-21)11-18-13-22(3)20-7-5-4-6-19(18)20/h4-10,13,17H,11-12,21H2,1-3H3. The molecule has 2 heteroatoms. The predicted molar refractivity (Wildman–Crippen MR) is 94.3 cm³/mol. The first kappa shape index (κ1) is 14.9. The highest BCUT2D eigenvalue weighted by molar-refractivity contribution is 5.84. The largest absolute Gasteiger partial charge is 0.350 e. The lowest BCUT2D eigenvalue weighted by atomic mass is 9.90. The van der Waals surface area contributed by atoms with Crippen LogP contribution in [0.25, 0.3) is 10.9 Å². The molecular weight excluding hydrogens is 268 g/mol. The van der Waals surface area contributed by atoms with Crippen LogP contribution in [0.5, 0.6) is 0 Å². The third-order valence-electron chi connectivity index (χ3n) is 4.73.